The Balaban J connectivity index is 1.19. The largest absolute Gasteiger partial charge is 0.456 e. The zero-order valence-corrected chi connectivity index (χ0v) is 26.8. The number of rotatable bonds is 4. The minimum absolute atomic E-state index is 0.0421. The Morgan fingerprint density at radius 1 is 0.385 bits per heavy atom. The van der Waals surface area contributed by atoms with E-state index in [4.69, 9.17) is 40.2 Å². The van der Waals surface area contributed by atoms with E-state index < -0.39 is 66.5 Å². The lowest BCUT2D eigenvalue weighted by molar-refractivity contribution is 0.668. The monoisotopic (exact) mass is 677 g/mol. The highest BCUT2D eigenvalue weighted by Crippen LogP contribution is 2.43. The predicted molar refractivity (Wildman–Crippen MR) is 211 cm³/mol. The Hall–Kier alpha value is -7.11. The summed E-state index contributed by atoms with van der Waals surface area (Å²) in [6, 6.07) is 21.3. The van der Waals surface area contributed by atoms with E-state index in [1.165, 1.54) is 0 Å². The van der Waals surface area contributed by atoms with Crippen molar-refractivity contribution in [2.24, 2.45) is 0 Å². The van der Waals surface area contributed by atoms with Gasteiger partial charge in [0.1, 0.15) is 22.3 Å². The third-order valence-corrected chi connectivity index (χ3v) is 9.32. The lowest BCUT2D eigenvalue weighted by Gasteiger charge is -2.11. The van der Waals surface area contributed by atoms with Crippen molar-refractivity contribution < 1.29 is 25.3 Å². The first-order valence-electron chi connectivity index (χ1n) is 22.4. The molecule has 0 unspecified atom stereocenters. The van der Waals surface area contributed by atoms with Crippen LogP contribution >= 0.6 is 0 Å². The van der Waals surface area contributed by atoms with Crippen molar-refractivity contribution in [3.8, 4) is 45.3 Å². The summed E-state index contributed by atoms with van der Waals surface area (Å²) in [5.41, 5.74) is 3.32. The van der Waals surface area contributed by atoms with Crippen LogP contribution in [-0.2, 0) is 0 Å². The zero-order valence-electron chi connectivity index (χ0n) is 38.8. The molecular weight excluding hydrogens is 639 g/mol. The molecule has 3 heterocycles. The van der Waals surface area contributed by atoms with Gasteiger partial charge in [-0.1, -0.05) is 127 Å². The highest BCUT2D eigenvalue weighted by atomic mass is 16.3. The van der Waals surface area contributed by atoms with Crippen LogP contribution in [0, 0.1) is 0 Å². The number of fused-ring (bicyclic) bond motifs is 9. The SMILES string of the molecule is [2H]c1c([2H])c([2H])c(-c2nc(-c3ccc4oc5cc(-c6c([2H])c([2H])c([2H])c7c([2H])c([2H])c([2H])c([2H])c67)c6ccccc6c5c4c3)nc(-c3cccc4oc5ccccc5c34)n2)c([2H])c1[2H]. The van der Waals surface area contributed by atoms with Gasteiger partial charge in [0.05, 0.1) is 16.4 Å². The van der Waals surface area contributed by atoms with Gasteiger partial charge in [0.2, 0.25) is 0 Å². The van der Waals surface area contributed by atoms with E-state index >= 15 is 0 Å². The van der Waals surface area contributed by atoms with E-state index in [2.05, 4.69) is 0 Å². The quantitative estimate of drug-likeness (QED) is 0.185. The van der Waals surface area contributed by atoms with Crippen molar-refractivity contribution in [2.75, 3.05) is 0 Å². The van der Waals surface area contributed by atoms with Gasteiger partial charge in [0.15, 0.2) is 17.5 Å². The molecule has 8 aromatic carbocycles. The molecular formula is C47H27N3O2. The van der Waals surface area contributed by atoms with Gasteiger partial charge in [-0.2, -0.15) is 0 Å². The number of furan rings is 2. The number of para-hydroxylation sites is 1. The molecule has 0 saturated heterocycles. The van der Waals surface area contributed by atoms with E-state index in [0.717, 1.165) is 10.8 Å². The van der Waals surface area contributed by atoms with E-state index in [1.807, 2.05) is 60.7 Å². The van der Waals surface area contributed by atoms with Gasteiger partial charge < -0.3 is 8.83 Å². The number of hydrogen-bond acceptors (Lipinski definition) is 5. The van der Waals surface area contributed by atoms with Crippen LogP contribution in [0.25, 0.3) is 111 Å². The van der Waals surface area contributed by atoms with Crippen LogP contribution in [0.15, 0.2) is 172 Å². The van der Waals surface area contributed by atoms with Crippen LogP contribution in [0.2, 0.25) is 0 Å². The molecule has 0 N–H and O–H groups in total. The first-order chi connectivity index (χ1) is 30.7. The lowest BCUT2D eigenvalue weighted by Crippen LogP contribution is -2.00. The van der Waals surface area contributed by atoms with Crippen LogP contribution in [0.1, 0.15) is 16.4 Å². The Labute approximate surface area is 314 Å². The molecule has 0 aliphatic rings. The van der Waals surface area contributed by atoms with E-state index in [9.17, 15) is 0 Å². The van der Waals surface area contributed by atoms with Gasteiger partial charge >= 0.3 is 0 Å². The van der Waals surface area contributed by atoms with Crippen molar-refractivity contribution in [2.45, 2.75) is 0 Å². The molecule has 0 radical (unpaired) electrons. The molecule has 0 fully saturated rings. The van der Waals surface area contributed by atoms with Crippen LogP contribution in [0.4, 0.5) is 0 Å². The molecule has 0 bridgehead atoms. The average Bonchev–Trinajstić information content (AvgIpc) is 3.88. The van der Waals surface area contributed by atoms with Gasteiger partial charge in [0.25, 0.3) is 0 Å². The minimum Gasteiger partial charge on any atom is -0.456 e. The van der Waals surface area contributed by atoms with Crippen LogP contribution in [-0.4, -0.2) is 15.0 Å². The molecule has 5 nitrogen and oxygen atoms in total. The standard InChI is InChI=1S/C47H27N3O2/c1-2-13-29(14-3-1)45-48-46(50-47(49-45)36-21-11-23-41-44(36)35-19-8-9-22-39(35)51-41)30-24-25-40-38(26-30)43-34-18-7-6-17-33(34)37(27-42(43)52-40)32-20-10-15-28-12-4-5-16-31(28)32/h1-27H/i1D,2D,3D,4D,5D,10D,12D,13D,14D,15D,16D,20D. The maximum absolute atomic E-state index is 9.09. The number of benzene rings is 8. The number of aromatic nitrogens is 3. The summed E-state index contributed by atoms with van der Waals surface area (Å²) >= 11 is 0. The fourth-order valence-electron chi connectivity index (χ4n) is 7.06. The van der Waals surface area contributed by atoms with Gasteiger partial charge in [0, 0.05) is 38.2 Å². The second-order valence-corrected chi connectivity index (χ2v) is 12.2. The summed E-state index contributed by atoms with van der Waals surface area (Å²) in [6.07, 6.45) is 0. The molecule has 52 heavy (non-hydrogen) atoms. The van der Waals surface area contributed by atoms with Crippen LogP contribution in [0.3, 0.4) is 0 Å². The Bertz CT molecular complexity index is 3870. The third-order valence-electron chi connectivity index (χ3n) is 9.32. The minimum atomic E-state index is -0.555. The van der Waals surface area contributed by atoms with Crippen molar-refractivity contribution in [1.29, 1.82) is 0 Å². The summed E-state index contributed by atoms with van der Waals surface area (Å²) in [7, 11) is 0. The highest BCUT2D eigenvalue weighted by molar-refractivity contribution is 6.23. The first kappa shape index (κ1) is 19.3. The molecule has 11 aromatic rings. The topological polar surface area (TPSA) is 65.0 Å². The maximum atomic E-state index is 9.09. The van der Waals surface area contributed by atoms with Gasteiger partial charge in [-0.15, -0.1) is 0 Å². The molecule has 0 aliphatic heterocycles. The smallest absolute Gasteiger partial charge is 0.164 e. The zero-order chi connectivity index (χ0) is 44.6. The molecule has 242 valence electrons. The normalized spacial score (nSPS) is 15.1. The molecule has 5 heteroatoms. The summed E-state index contributed by atoms with van der Waals surface area (Å²) in [6.45, 7) is 0. The second kappa shape index (κ2) is 11.2. The van der Waals surface area contributed by atoms with Crippen molar-refractivity contribution in [3.05, 3.63) is 164 Å². The Morgan fingerprint density at radius 2 is 1.08 bits per heavy atom. The molecule has 0 aliphatic carbocycles. The first-order valence-corrected chi connectivity index (χ1v) is 16.4. The van der Waals surface area contributed by atoms with Gasteiger partial charge in [-0.05, 0) is 69.1 Å². The third kappa shape index (κ3) is 4.39. The Kier molecular flexibility index (Phi) is 4.16. The molecule has 0 atom stereocenters. The van der Waals surface area contributed by atoms with E-state index in [0.29, 0.717) is 60.6 Å². The van der Waals surface area contributed by atoms with E-state index in [-0.39, 0.29) is 45.4 Å². The maximum Gasteiger partial charge on any atom is 0.164 e. The van der Waals surface area contributed by atoms with Crippen molar-refractivity contribution in [1.82, 2.24) is 15.0 Å². The van der Waals surface area contributed by atoms with Crippen molar-refractivity contribution in [3.63, 3.8) is 0 Å². The van der Waals surface area contributed by atoms with Crippen LogP contribution < -0.4 is 0 Å². The van der Waals surface area contributed by atoms with Gasteiger partial charge in [-0.3, -0.25) is 0 Å². The lowest BCUT2D eigenvalue weighted by atomic mass is 9.92. The molecule has 0 spiro atoms. The molecule has 11 rings (SSSR count). The highest BCUT2D eigenvalue weighted by Gasteiger charge is 2.20. The summed E-state index contributed by atoms with van der Waals surface area (Å²) in [4.78, 5) is 14.5. The summed E-state index contributed by atoms with van der Waals surface area (Å²) in [5.74, 6) is 0.157. The number of hydrogen-bond donors (Lipinski definition) is 0. The summed E-state index contributed by atoms with van der Waals surface area (Å²) < 4.78 is 116. The number of nitrogens with zero attached hydrogens (tertiary/aromatic N) is 3. The second-order valence-electron chi connectivity index (χ2n) is 12.2. The molecule has 3 aromatic heterocycles. The predicted octanol–water partition coefficient (Wildman–Crippen LogP) is 12.6. The van der Waals surface area contributed by atoms with E-state index in [1.54, 1.807) is 30.3 Å². The molecule has 0 saturated carbocycles. The fraction of sp³-hybridized carbons (Fsp3) is 0. The van der Waals surface area contributed by atoms with Gasteiger partial charge in [-0.25, -0.2) is 15.0 Å². The fourth-order valence-corrected chi connectivity index (χ4v) is 7.06. The Morgan fingerprint density at radius 3 is 1.98 bits per heavy atom. The average molecular weight is 678 g/mol. The van der Waals surface area contributed by atoms with Crippen LogP contribution in [0.5, 0.6) is 0 Å². The van der Waals surface area contributed by atoms with Crippen molar-refractivity contribution >= 4 is 65.4 Å². The summed E-state index contributed by atoms with van der Waals surface area (Å²) in [5, 5.41) is 3.87. The molecule has 0 amide bonds.